The molecule has 0 spiro atoms. The molecule has 100 valence electrons. The van der Waals surface area contributed by atoms with Gasteiger partial charge in [-0.2, -0.15) is 0 Å². The molecular weight excluding hydrogens is 264 g/mol. The van der Waals surface area contributed by atoms with Gasteiger partial charge in [0, 0.05) is 16.9 Å². The number of thioether (sulfide) groups is 1. The number of carbonyl (C=O) groups excluding carboxylic acids is 3. The van der Waals surface area contributed by atoms with Gasteiger partial charge in [0.1, 0.15) is 6.04 Å². The number of hydrogen-bond acceptors (Lipinski definition) is 4. The molecule has 1 heterocycles. The number of hydrogen-bond donors (Lipinski definition) is 2. The third-order valence-electron chi connectivity index (χ3n) is 2.90. The van der Waals surface area contributed by atoms with Crippen molar-refractivity contribution in [1.29, 1.82) is 0 Å². The standard InChI is InChI=1S/C13H14N2O3S/c1-19-9-4-2-8(3-5-9)12(17)14-10-6-7-11(16)15-13(10)18/h2-5,10H,6-7H2,1H3,(H,14,17)(H,15,16,18). The average molecular weight is 278 g/mol. The molecule has 2 rings (SSSR count). The summed E-state index contributed by atoms with van der Waals surface area (Å²) >= 11 is 1.59. The summed E-state index contributed by atoms with van der Waals surface area (Å²) in [5.41, 5.74) is 0.502. The van der Waals surface area contributed by atoms with E-state index in [4.69, 9.17) is 0 Å². The second-order valence-electron chi connectivity index (χ2n) is 4.21. The van der Waals surface area contributed by atoms with E-state index in [1.54, 1.807) is 23.9 Å². The number of benzene rings is 1. The zero-order valence-corrected chi connectivity index (χ0v) is 11.3. The third kappa shape index (κ3) is 3.35. The van der Waals surface area contributed by atoms with E-state index in [1.807, 2.05) is 18.4 Å². The van der Waals surface area contributed by atoms with Crippen molar-refractivity contribution in [3.8, 4) is 0 Å². The molecule has 6 heteroatoms. The molecule has 1 aliphatic rings. The zero-order chi connectivity index (χ0) is 13.8. The lowest BCUT2D eigenvalue weighted by Gasteiger charge is -2.21. The van der Waals surface area contributed by atoms with Gasteiger partial charge in [0.15, 0.2) is 0 Å². The maximum absolute atomic E-state index is 12.0. The molecule has 1 aromatic carbocycles. The summed E-state index contributed by atoms with van der Waals surface area (Å²) in [6, 6.07) is 6.50. The highest BCUT2D eigenvalue weighted by molar-refractivity contribution is 7.98. The van der Waals surface area contributed by atoms with E-state index >= 15 is 0 Å². The summed E-state index contributed by atoms with van der Waals surface area (Å²) in [5.74, 6) is -1.03. The Morgan fingerprint density at radius 2 is 2.00 bits per heavy atom. The number of carbonyl (C=O) groups is 3. The molecule has 1 saturated heterocycles. The van der Waals surface area contributed by atoms with Crippen LogP contribution >= 0.6 is 11.8 Å². The molecule has 2 N–H and O–H groups in total. The molecule has 1 aliphatic heterocycles. The predicted molar refractivity (Wildman–Crippen MR) is 71.9 cm³/mol. The first kappa shape index (κ1) is 13.6. The monoisotopic (exact) mass is 278 g/mol. The minimum absolute atomic E-state index is 0.252. The Hall–Kier alpha value is -1.82. The lowest BCUT2D eigenvalue weighted by Crippen LogP contribution is -2.52. The fraction of sp³-hybridized carbons (Fsp3) is 0.308. The Bertz CT molecular complexity index is 513. The van der Waals surface area contributed by atoms with Gasteiger partial charge in [-0.05, 0) is 36.9 Å². The molecule has 0 aliphatic carbocycles. The van der Waals surface area contributed by atoms with Gasteiger partial charge in [-0.3, -0.25) is 19.7 Å². The largest absolute Gasteiger partial charge is 0.340 e. The summed E-state index contributed by atoms with van der Waals surface area (Å²) in [6.07, 6.45) is 2.56. The van der Waals surface area contributed by atoms with E-state index in [1.165, 1.54) is 0 Å². The summed E-state index contributed by atoms with van der Waals surface area (Å²) < 4.78 is 0. The van der Waals surface area contributed by atoms with Crippen molar-refractivity contribution in [3.05, 3.63) is 29.8 Å². The number of nitrogens with one attached hydrogen (secondary N) is 2. The molecular formula is C13H14N2O3S. The van der Waals surface area contributed by atoms with Crippen molar-refractivity contribution >= 4 is 29.5 Å². The molecule has 0 saturated carbocycles. The first-order valence-electron chi connectivity index (χ1n) is 5.89. The van der Waals surface area contributed by atoms with Gasteiger partial charge in [0.25, 0.3) is 5.91 Å². The third-order valence-corrected chi connectivity index (χ3v) is 3.64. The van der Waals surface area contributed by atoms with E-state index in [9.17, 15) is 14.4 Å². The maximum Gasteiger partial charge on any atom is 0.251 e. The van der Waals surface area contributed by atoms with Crippen molar-refractivity contribution in [2.45, 2.75) is 23.8 Å². The van der Waals surface area contributed by atoms with Crippen molar-refractivity contribution in [2.24, 2.45) is 0 Å². The van der Waals surface area contributed by atoms with Gasteiger partial charge in [-0.15, -0.1) is 11.8 Å². The molecule has 1 atom stereocenters. The highest BCUT2D eigenvalue weighted by Gasteiger charge is 2.27. The Kier molecular flexibility index (Phi) is 4.21. The smallest absolute Gasteiger partial charge is 0.251 e. The Balaban J connectivity index is 2.00. The van der Waals surface area contributed by atoms with Crippen LogP contribution in [0.3, 0.4) is 0 Å². The van der Waals surface area contributed by atoms with Gasteiger partial charge in [-0.25, -0.2) is 0 Å². The molecule has 19 heavy (non-hydrogen) atoms. The molecule has 3 amide bonds. The van der Waals surface area contributed by atoms with Crippen LogP contribution in [0.1, 0.15) is 23.2 Å². The normalized spacial score (nSPS) is 18.9. The number of rotatable bonds is 3. The van der Waals surface area contributed by atoms with Crippen LogP contribution in [-0.2, 0) is 9.59 Å². The van der Waals surface area contributed by atoms with Crippen LogP contribution in [0.15, 0.2) is 29.2 Å². The van der Waals surface area contributed by atoms with Crippen molar-refractivity contribution in [3.63, 3.8) is 0 Å². The van der Waals surface area contributed by atoms with Crippen LogP contribution in [0.25, 0.3) is 0 Å². The minimum Gasteiger partial charge on any atom is -0.340 e. The highest BCUT2D eigenvalue weighted by atomic mass is 32.2. The summed E-state index contributed by atoms with van der Waals surface area (Å²) in [5, 5.41) is 4.84. The number of piperidine rings is 1. The van der Waals surface area contributed by atoms with Crippen molar-refractivity contribution < 1.29 is 14.4 Å². The Morgan fingerprint density at radius 1 is 1.32 bits per heavy atom. The Morgan fingerprint density at radius 3 is 2.58 bits per heavy atom. The first-order chi connectivity index (χ1) is 9.10. The first-order valence-corrected chi connectivity index (χ1v) is 7.11. The molecule has 5 nitrogen and oxygen atoms in total. The average Bonchev–Trinajstić information content (AvgIpc) is 2.42. The lowest BCUT2D eigenvalue weighted by atomic mass is 10.1. The van der Waals surface area contributed by atoms with Crippen LogP contribution in [0.4, 0.5) is 0 Å². The predicted octanol–water partition coefficient (Wildman–Crippen LogP) is 0.944. The van der Waals surface area contributed by atoms with Gasteiger partial charge >= 0.3 is 0 Å². The lowest BCUT2D eigenvalue weighted by molar-refractivity contribution is -0.134. The van der Waals surface area contributed by atoms with Crippen LogP contribution in [0.5, 0.6) is 0 Å². The molecule has 1 unspecified atom stereocenters. The van der Waals surface area contributed by atoms with Crippen molar-refractivity contribution in [1.82, 2.24) is 10.6 Å². The van der Waals surface area contributed by atoms with Gasteiger partial charge in [0.05, 0.1) is 0 Å². The van der Waals surface area contributed by atoms with Gasteiger partial charge in [-0.1, -0.05) is 0 Å². The molecule has 0 bridgehead atoms. The van der Waals surface area contributed by atoms with Crippen LogP contribution in [-0.4, -0.2) is 30.0 Å². The Labute approximate surface area is 115 Å². The zero-order valence-electron chi connectivity index (χ0n) is 10.4. The van der Waals surface area contributed by atoms with Crippen LogP contribution in [0, 0.1) is 0 Å². The van der Waals surface area contributed by atoms with E-state index in [0.29, 0.717) is 12.0 Å². The number of amides is 3. The minimum atomic E-state index is -0.634. The topological polar surface area (TPSA) is 75.3 Å². The maximum atomic E-state index is 12.0. The van der Waals surface area contributed by atoms with E-state index in [0.717, 1.165) is 4.90 Å². The van der Waals surface area contributed by atoms with E-state index in [2.05, 4.69) is 10.6 Å². The molecule has 1 aromatic rings. The second kappa shape index (κ2) is 5.88. The number of imide groups is 1. The van der Waals surface area contributed by atoms with E-state index < -0.39 is 11.9 Å². The quantitative estimate of drug-likeness (QED) is 0.637. The fourth-order valence-electron chi connectivity index (χ4n) is 1.82. The molecule has 1 fully saturated rings. The second-order valence-corrected chi connectivity index (χ2v) is 5.09. The summed E-state index contributed by atoms with van der Waals surface area (Å²) in [6.45, 7) is 0. The van der Waals surface area contributed by atoms with Gasteiger partial charge < -0.3 is 5.32 Å². The fourth-order valence-corrected chi connectivity index (χ4v) is 2.22. The van der Waals surface area contributed by atoms with Crippen LogP contribution < -0.4 is 10.6 Å². The van der Waals surface area contributed by atoms with Gasteiger partial charge in [0.2, 0.25) is 11.8 Å². The highest BCUT2D eigenvalue weighted by Crippen LogP contribution is 2.15. The molecule has 0 radical (unpaired) electrons. The van der Waals surface area contributed by atoms with Crippen molar-refractivity contribution in [2.75, 3.05) is 6.26 Å². The summed E-state index contributed by atoms with van der Waals surface area (Å²) in [7, 11) is 0. The molecule has 0 aromatic heterocycles. The van der Waals surface area contributed by atoms with E-state index in [-0.39, 0.29) is 18.2 Å². The summed E-state index contributed by atoms with van der Waals surface area (Å²) in [4.78, 5) is 35.5. The SMILES string of the molecule is CSc1ccc(C(=O)NC2CCC(=O)NC2=O)cc1. The van der Waals surface area contributed by atoms with Crippen LogP contribution in [0.2, 0.25) is 0 Å².